The zero-order valence-electron chi connectivity index (χ0n) is 13.8. The Balaban J connectivity index is 1.47. The summed E-state index contributed by atoms with van der Waals surface area (Å²) in [6.07, 6.45) is 8.91. The van der Waals surface area contributed by atoms with Crippen molar-refractivity contribution in [1.82, 2.24) is 14.5 Å². The summed E-state index contributed by atoms with van der Waals surface area (Å²) in [5.41, 5.74) is 2.30. The van der Waals surface area contributed by atoms with Crippen LogP contribution in [0.25, 0.3) is 0 Å². The number of carbonyl (C=O) groups excluding carboxylic acids is 1. The molecule has 1 saturated carbocycles. The Labute approximate surface area is 142 Å². The highest BCUT2D eigenvalue weighted by atomic mass is 16.5. The van der Waals surface area contributed by atoms with Crippen LogP contribution in [0.1, 0.15) is 30.5 Å². The molecular formula is C19H23N3O2. The minimum Gasteiger partial charge on any atom is -0.370 e. The predicted octanol–water partition coefficient (Wildman–Crippen LogP) is 2.61. The van der Waals surface area contributed by atoms with Crippen molar-refractivity contribution in [3.05, 3.63) is 54.1 Å². The molecular weight excluding hydrogens is 302 g/mol. The van der Waals surface area contributed by atoms with Crippen molar-refractivity contribution in [2.45, 2.75) is 45.1 Å². The molecule has 5 heteroatoms. The second-order valence-corrected chi connectivity index (χ2v) is 6.79. The summed E-state index contributed by atoms with van der Waals surface area (Å²) in [6, 6.07) is 8.09. The van der Waals surface area contributed by atoms with Crippen molar-refractivity contribution in [2.75, 3.05) is 6.54 Å². The lowest BCUT2D eigenvalue weighted by atomic mass is 9.84. The molecule has 1 fully saturated rings. The van der Waals surface area contributed by atoms with E-state index in [0.717, 1.165) is 24.9 Å². The van der Waals surface area contributed by atoms with Crippen LogP contribution in [0.3, 0.4) is 0 Å². The molecule has 0 unspecified atom stereocenters. The van der Waals surface area contributed by atoms with E-state index in [4.69, 9.17) is 4.74 Å². The fraction of sp³-hybridized carbons (Fsp3) is 0.474. The summed E-state index contributed by atoms with van der Waals surface area (Å²) < 4.78 is 8.36. The molecule has 0 saturated heterocycles. The average molecular weight is 325 g/mol. The Morgan fingerprint density at radius 2 is 2.04 bits per heavy atom. The van der Waals surface area contributed by atoms with Gasteiger partial charge in [-0.2, -0.15) is 0 Å². The first-order valence-electron chi connectivity index (χ1n) is 8.73. The van der Waals surface area contributed by atoms with E-state index in [1.54, 1.807) is 12.4 Å². The Hall–Kier alpha value is -2.14. The van der Waals surface area contributed by atoms with Gasteiger partial charge in [0.25, 0.3) is 0 Å². The van der Waals surface area contributed by atoms with Gasteiger partial charge in [-0.05, 0) is 42.7 Å². The van der Waals surface area contributed by atoms with Gasteiger partial charge in [0.1, 0.15) is 0 Å². The maximum absolute atomic E-state index is 12.7. The molecule has 3 heterocycles. The van der Waals surface area contributed by atoms with E-state index < -0.39 is 0 Å². The third-order valence-electron chi connectivity index (χ3n) is 5.10. The maximum atomic E-state index is 12.7. The number of carbonyl (C=O) groups is 1. The van der Waals surface area contributed by atoms with E-state index in [1.807, 2.05) is 23.1 Å². The van der Waals surface area contributed by atoms with Crippen LogP contribution >= 0.6 is 0 Å². The number of hydrogen-bond donors (Lipinski definition) is 0. The first kappa shape index (κ1) is 15.4. The predicted molar refractivity (Wildman–Crippen MR) is 90.0 cm³/mol. The van der Waals surface area contributed by atoms with Gasteiger partial charge >= 0.3 is 0 Å². The van der Waals surface area contributed by atoms with Gasteiger partial charge in [0.2, 0.25) is 5.91 Å². The molecule has 5 nitrogen and oxygen atoms in total. The van der Waals surface area contributed by atoms with Crippen LogP contribution in [-0.2, 0) is 29.2 Å². The van der Waals surface area contributed by atoms with Crippen molar-refractivity contribution < 1.29 is 9.53 Å². The molecule has 2 aromatic heterocycles. The van der Waals surface area contributed by atoms with Gasteiger partial charge in [-0.15, -0.1) is 0 Å². The van der Waals surface area contributed by atoms with E-state index in [1.165, 1.54) is 12.1 Å². The minimum atomic E-state index is 0.0100. The monoisotopic (exact) mass is 325 g/mol. The molecule has 1 aliphatic carbocycles. The number of rotatable bonds is 4. The number of aromatic nitrogens is 2. The molecule has 24 heavy (non-hydrogen) atoms. The molecule has 2 aromatic rings. The maximum Gasteiger partial charge on any atom is 0.226 e. The zero-order chi connectivity index (χ0) is 16.4. The molecule has 0 bridgehead atoms. The molecule has 0 radical (unpaired) electrons. The molecule has 1 aliphatic heterocycles. The van der Waals surface area contributed by atoms with Crippen LogP contribution in [0.15, 0.2) is 42.9 Å². The molecule has 1 atom stereocenters. The van der Waals surface area contributed by atoms with Crippen LogP contribution in [0.5, 0.6) is 0 Å². The third kappa shape index (κ3) is 3.22. The second kappa shape index (κ2) is 6.77. The van der Waals surface area contributed by atoms with Crippen molar-refractivity contribution in [2.24, 2.45) is 5.92 Å². The summed E-state index contributed by atoms with van der Waals surface area (Å²) in [5, 5.41) is 0. The lowest BCUT2D eigenvalue weighted by Crippen LogP contribution is -2.42. The molecule has 0 spiro atoms. The standard InChI is InChI=1S/C19H23N3O2/c23-19(16-3-1-4-16)22-11-17-5-2-10-21(17)12-18(13-22)24-14-15-6-8-20-9-7-15/h2,5-10,16,18H,1,3-4,11-14H2/t18-/m0/s1. The van der Waals surface area contributed by atoms with E-state index in [2.05, 4.69) is 21.8 Å². The van der Waals surface area contributed by atoms with Crippen LogP contribution in [0.4, 0.5) is 0 Å². The number of nitrogens with zero attached hydrogens (tertiary/aromatic N) is 3. The topological polar surface area (TPSA) is 47.4 Å². The van der Waals surface area contributed by atoms with Gasteiger partial charge < -0.3 is 14.2 Å². The van der Waals surface area contributed by atoms with Gasteiger partial charge in [-0.25, -0.2) is 0 Å². The number of fused-ring (bicyclic) bond motifs is 1. The van der Waals surface area contributed by atoms with E-state index in [9.17, 15) is 4.79 Å². The van der Waals surface area contributed by atoms with Crippen LogP contribution in [0, 0.1) is 5.92 Å². The summed E-state index contributed by atoms with van der Waals surface area (Å²) in [6.45, 7) is 2.71. The number of hydrogen-bond acceptors (Lipinski definition) is 3. The highest BCUT2D eigenvalue weighted by Gasteiger charge is 2.32. The van der Waals surface area contributed by atoms with Crippen LogP contribution in [0.2, 0.25) is 0 Å². The van der Waals surface area contributed by atoms with Gasteiger partial charge in [0, 0.05) is 36.7 Å². The molecule has 2 aliphatic rings. The first-order chi connectivity index (χ1) is 11.8. The van der Waals surface area contributed by atoms with E-state index >= 15 is 0 Å². The summed E-state index contributed by atoms with van der Waals surface area (Å²) in [7, 11) is 0. The SMILES string of the molecule is O=C(C1CCC1)N1Cc2cccn2C[C@H](OCc2ccncc2)C1. The number of ether oxygens (including phenoxy) is 1. The average Bonchev–Trinajstić information content (AvgIpc) is 2.90. The smallest absolute Gasteiger partial charge is 0.226 e. The molecule has 1 amide bonds. The van der Waals surface area contributed by atoms with Gasteiger partial charge in [0.15, 0.2) is 0 Å². The van der Waals surface area contributed by atoms with Crippen LogP contribution in [-0.4, -0.2) is 33.0 Å². The minimum absolute atomic E-state index is 0.0100. The lowest BCUT2D eigenvalue weighted by Gasteiger charge is -2.32. The number of pyridine rings is 1. The fourth-order valence-electron chi connectivity index (χ4n) is 3.43. The Morgan fingerprint density at radius 3 is 2.79 bits per heavy atom. The lowest BCUT2D eigenvalue weighted by molar-refractivity contribution is -0.140. The Morgan fingerprint density at radius 1 is 1.21 bits per heavy atom. The quantitative estimate of drug-likeness (QED) is 0.868. The number of amides is 1. The largest absolute Gasteiger partial charge is 0.370 e. The first-order valence-corrected chi connectivity index (χ1v) is 8.73. The Kier molecular flexibility index (Phi) is 4.34. The molecule has 0 aromatic carbocycles. The zero-order valence-corrected chi connectivity index (χ0v) is 13.8. The van der Waals surface area contributed by atoms with Crippen LogP contribution < -0.4 is 0 Å². The van der Waals surface area contributed by atoms with E-state index in [0.29, 0.717) is 25.6 Å². The van der Waals surface area contributed by atoms with Crippen molar-refractivity contribution in [3.8, 4) is 0 Å². The molecule has 126 valence electrons. The van der Waals surface area contributed by atoms with Gasteiger partial charge in [-0.1, -0.05) is 6.42 Å². The Bertz CT molecular complexity index is 694. The van der Waals surface area contributed by atoms with Gasteiger partial charge in [-0.3, -0.25) is 9.78 Å². The van der Waals surface area contributed by atoms with Crippen molar-refractivity contribution >= 4 is 5.91 Å². The summed E-state index contributed by atoms with van der Waals surface area (Å²) in [5.74, 6) is 0.528. The van der Waals surface area contributed by atoms with Crippen molar-refractivity contribution in [3.63, 3.8) is 0 Å². The van der Waals surface area contributed by atoms with Gasteiger partial charge in [0.05, 0.1) is 25.8 Å². The highest BCUT2D eigenvalue weighted by Crippen LogP contribution is 2.29. The third-order valence-corrected chi connectivity index (χ3v) is 5.10. The van der Waals surface area contributed by atoms with E-state index in [-0.39, 0.29) is 12.0 Å². The normalized spacial score (nSPS) is 21.0. The second-order valence-electron chi connectivity index (χ2n) is 6.79. The summed E-state index contributed by atoms with van der Waals surface area (Å²) >= 11 is 0. The molecule has 4 rings (SSSR count). The molecule has 0 N–H and O–H groups in total. The highest BCUT2D eigenvalue weighted by molar-refractivity contribution is 5.79. The summed E-state index contributed by atoms with van der Waals surface area (Å²) in [4.78, 5) is 18.8. The fourth-order valence-corrected chi connectivity index (χ4v) is 3.43. The van der Waals surface area contributed by atoms with Crippen molar-refractivity contribution in [1.29, 1.82) is 0 Å².